The Hall–Kier alpha value is -1.80. The van der Waals surface area contributed by atoms with Crippen LogP contribution in [0.15, 0.2) is 60.8 Å². The summed E-state index contributed by atoms with van der Waals surface area (Å²) in [4.78, 5) is 25.2. The third kappa shape index (κ3) is 51.1. The van der Waals surface area contributed by atoms with Crippen molar-refractivity contribution in [2.24, 2.45) is 0 Å². The third-order valence-corrected chi connectivity index (χ3v) is 12.0. The number of hydrogen-bond acceptors (Lipinski definition) is 7. The standard InChI is InChI=1S/C54H100NO7P/c1-6-8-10-12-14-16-18-20-22-24-26-27-28-30-32-34-36-38-40-42-44-46-49-59-51-53(52-61-63(57,58)60-50-48-55(3,4)5)62-54(56)47-45-43-41-39-37-35-33-31-29-25-23-21-19-17-15-13-11-9-7-2/h9,11,15,17,21,23,29,31,35,37,53H,6-8,10,12-14,16,18-20,22,24-28,30,32-34,36,38-52H2,1-5H3/b11-9-,17-15-,23-21-,31-29-,37-35-. The molecule has 0 aliphatic rings. The predicted molar refractivity (Wildman–Crippen MR) is 268 cm³/mol. The SMILES string of the molecule is CC/C=C\C/C=C\C/C=C\C/C=C\C/C=C\CCCCCC(=O)OC(COCCCCCCCCCCCCCCCCCCCCCCCC)COP(=O)([O-])OCC[N+](C)(C)C. The number of phosphoric acid groups is 1. The van der Waals surface area contributed by atoms with Gasteiger partial charge in [0.15, 0.2) is 0 Å². The van der Waals surface area contributed by atoms with Gasteiger partial charge in [-0.05, 0) is 57.8 Å². The van der Waals surface area contributed by atoms with Gasteiger partial charge in [-0.1, -0.05) is 216 Å². The van der Waals surface area contributed by atoms with Crippen LogP contribution in [-0.2, 0) is 27.9 Å². The Labute approximate surface area is 390 Å². The number of hydrogen-bond donors (Lipinski definition) is 0. The molecule has 0 aromatic rings. The molecule has 0 fully saturated rings. The molecule has 0 heterocycles. The maximum Gasteiger partial charge on any atom is 0.306 e. The average Bonchev–Trinajstić information content (AvgIpc) is 3.24. The number of unbranched alkanes of at least 4 members (excludes halogenated alkanes) is 24. The minimum atomic E-state index is -4.54. The molecule has 0 aromatic carbocycles. The first-order valence-corrected chi connectivity index (χ1v) is 27.5. The van der Waals surface area contributed by atoms with E-state index in [9.17, 15) is 14.3 Å². The lowest BCUT2D eigenvalue weighted by molar-refractivity contribution is -0.870. The second-order valence-corrected chi connectivity index (χ2v) is 19.9. The highest BCUT2D eigenvalue weighted by molar-refractivity contribution is 7.45. The molecule has 368 valence electrons. The number of rotatable bonds is 48. The Balaban J connectivity index is 4.17. The summed E-state index contributed by atoms with van der Waals surface area (Å²) in [5.41, 5.74) is 0. The summed E-state index contributed by atoms with van der Waals surface area (Å²) >= 11 is 0. The summed E-state index contributed by atoms with van der Waals surface area (Å²) in [5.74, 6) is -0.363. The number of nitrogens with zero attached hydrogens (tertiary/aromatic N) is 1. The van der Waals surface area contributed by atoms with Crippen LogP contribution in [0.5, 0.6) is 0 Å². The predicted octanol–water partition coefficient (Wildman–Crippen LogP) is 15.4. The van der Waals surface area contributed by atoms with Crippen LogP contribution in [0.2, 0.25) is 0 Å². The second-order valence-electron chi connectivity index (χ2n) is 18.5. The first-order valence-electron chi connectivity index (χ1n) is 26.0. The fraction of sp³-hybridized carbons (Fsp3) is 0.796. The molecule has 0 aromatic heterocycles. The maximum absolute atomic E-state index is 12.7. The maximum atomic E-state index is 12.7. The van der Waals surface area contributed by atoms with Crippen LogP contribution in [0.25, 0.3) is 0 Å². The number of allylic oxidation sites excluding steroid dienone is 10. The third-order valence-electron chi connectivity index (χ3n) is 11.1. The number of carbonyl (C=O) groups excluding carboxylic acids is 1. The van der Waals surface area contributed by atoms with Crippen molar-refractivity contribution in [3.63, 3.8) is 0 Å². The Morgan fingerprint density at radius 1 is 0.508 bits per heavy atom. The van der Waals surface area contributed by atoms with Crippen molar-refractivity contribution in [3.05, 3.63) is 60.8 Å². The van der Waals surface area contributed by atoms with E-state index >= 15 is 0 Å². The topological polar surface area (TPSA) is 94.1 Å². The molecular weight excluding hydrogens is 806 g/mol. The summed E-state index contributed by atoms with van der Waals surface area (Å²) in [7, 11) is 1.33. The number of esters is 1. The number of quaternary nitrogens is 1. The van der Waals surface area contributed by atoms with E-state index in [0.29, 0.717) is 24.1 Å². The van der Waals surface area contributed by atoms with Crippen LogP contribution in [0.4, 0.5) is 0 Å². The van der Waals surface area contributed by atoms with Crippen LogP contribution in [-0.4, -0.2) is 70.7 Å². The van der Waals surface area contributed by atoms with Crippen molar-refractivity contribution in [3.8, 4) is 0 Å². The van der Waals surface area contributed by atoms with E-state index in [-0.39, 0.29) is 32.2 Å². The van der Waals surface area contributed by atoms with Gasteiger partial charge in [0.1, 0.15) is 19.3 Å². The van der Waals surface area contributed by atoms with E-state index in [1.54, 1.807) is 0 Å². The minimum Gasteiger partial charge on any atom is -0.756 e. The lowest BCUT2D eigenvalue weighted by Crippen LogP contribution is -2.37. The zero-order valence-corrected chi connectivity index (χ0v) is 42.7. The van der Waals surface area contributed by atoms with Gasteiger partial charge >= 0.3 is 5.97 Å². The minimum absolute atomic E-state index is 0.0182. The van der Waals surface area contributed by atoms with Crippen LogP contribution >= 0.6 is 7.82 Å². The highest BCUT2D eigenvalue weighted by Gasteiger charge is 2.20. The van der Waals surface area contributed by atoms with Gasteiger partial charge in [0.25, 0.3) is 7.82 Å². The zero-order valence-electron chi connectivity index (χ0n) is 41.8. The molecule has 2 atom stereocenters. The van der Waals surface area contributed by atoms with Crippen molar-refractivity contribution < 1.29 is 37.3 Å². The number of ether oxygens (including phenoxy) is 2. The molecule has 0 saturated carbocycles. The van der Waals surface area contributed by atoms with E-state index in [0.717, 1.165) is 64.2 Å². The monoisotopic (exact) mass is 906 g/mol. The van der Waals surface area contributed by atoms with Crippen LogP contribution in [0, 0.1) is 0 Å². The Morgan fingerprint density at radius 3 is 1.37 bits per heavy atom. The van der Waals surface area contributed by atoms with Crippen molar-refractivity contribution in [2.45, 2.75) is 225 Å². The summed E-state index contributed by atoms with van der Waals surface area (Å²) in [6.07, 6.45) is 59.7. The normalized spacial score (nSPS) is 14.1. The molecule has 8 nitrogen and oxygen atoms in total. The molecule has 0 saturated heterocycles. The quantitative estimate of drug-likeness (QED) is 0.0197. The van der Waals surface area contributed by atoms with E-state index in [1.807, 2.05) is 21.1 Å². The van der Waals surface area contributed by atoms with E-state index in [1.165, 1.54) is 128 Å². The van der Waals surface area contributed by atoms with Gasteiger partial charge in [0.05, 0.1) is 34.4 Å². The molecule has 0 spiro atoms. The van der Waals surface area contributed by atoms with Crippen molar-refractivity contribution >= 4 is 13.8 Å². The average molecular weight is 906 g/mol. The Morgan fingerprint density at radius 2 is 0.921 bits per heavy atom. The molecule has 63 heavy (non-hydrogen) atoms. The van der Waals surface area contributed by atoms with Gasteiger partial charge in [-0.15, -0.1) is 0 Å². The van der Waals surface area contributed by atoms with E-state index < -0.39 is 13.9 Å². The van der Waals surface area contributed by atoms with Gasteiger partial charge in [0.2, 0.25) is 0 Å². The molecule has 9 heteroatoms. The molecule has 2 unspecified atom stereocenters. The number of carbonyl (C=O) groups is 1. The largest absolute Gasteiger partial charge is 0.756 e. The molecular formula is C54H100NO7P. The Bertz CT molecular complexity index is 1190. The highest BCUT2D eigenvalue weighted by Crippen LogP contribution is 2.38. The first-order chi connectivity index (χ1) is 30.6. The number of phosphoric ester groups is 1. The molecule has 0 aliphatic carbocycles. The Kier molecular flexibility index (Phi) is 45.4. The fourth-order valence-corrected chi connectivity index (χ4v) is 7.83. The summed E-state index contributed by atoms with van der Waals surface area (Å²) < 4.78 is 34.7. The highest BCUT2D eigenvalue weighted by atomic mass is 31.2. The first kappa shape index (κ1) is 61.2. The molecule has 0 radical (unpaired) electrons. The molecule has 0 amide bonds. The van der Waals surface area contributed by atoms with Gasteiger partial charge in [-0.3, -0.25) is 9.36 Å². The van der Waals surface area contributed by atoms with Gasteiger partial charge in [0, 0.05) is 13.0 Å². The molecule has 0 rings (SSSR count). The van der Waals surface area contributed by atoms with Gasteiger partial charge in [-0.2, -0.15) is 0 Å². The van der Waals surface area contributed by atoms with Crippen molar-refractivity contribution in [2.75, 3.05) is 54.1 Å². The summed E-state index contributed by atoms with van der Waals surface area (Å²) in [5, 5.41) is 0. The van der Waals surface area contributed by atoms with Gasteiger partial charge < -0.3 is 27.9 Å². The number of likely N-dealkylation sites (N-methyl/N-ethyl adjacent to an activating group) is 1. The van der Waals surface area contributed by atoms with Crippen molar-refractivity contribution in [1.82, 2.24) is 0 Å². The summed E-state index contributed by atoms with van der Waals surface area (Å²) in [6, 6.07) is 0. The fourth-order valence-electron chi connectivity index (χ4n) is 7.10. The van der Waals surface area contributed by atoms with Crippen molar-refractivity contribution in [1.29, 1.82) is 0 Å². The zero-order chi connectivity index (χ0) is 46.2. The van der Waals surface area contributed by atoms with Crippen LogP contribution in [0.3, 0.4) is 0 Å². The van der Waals surface area contributed by atoms with Crippen LogP contribution in [0.1, 0.15) is 219 Å². The molecule has 0 aliphatic heterocycles. The van der Waals surface area contributed by atoms with Crippen LogP contribution < -0.4 is 4.89 Å². The van der Waals surface area contributed by atoms with E-state index in [2.05, 4.69) is 74.6 Å². The van der Waals surface area contributed by atoms with E-state index in [4.69, 9.17) is 18.5 Å². The summed E-state index contributed by atoms with van der Waals surface area (Å²) in [6.45, 7) is 5.28. The lowest BCUT2D eigenvalue weighted by Gasteiger charge is -2.28. The molecule has 0 N–H and O–H groups in total. The van der Waals surface area contributed by atoms with Gasteiger partial charge in [-0.25, -0.2) is 0 Å². The lowest BCUT2D eigenvalue weighted by atomic mass is 10.0. The second kappa shape index (κ2) is 46.7. The molecule has 0 bridgehead atoms. The smallest absolute Gasteiger partial charge is 0.306 e.